The van der Waals surface area contributed by atoms with Gasteiger partial charge in [-0.1, -0.05) is 18.2 Å². The van der Waals surface area contributed by atoms with Gasteiger partial charge in [-0.3, -0.25) is 19.2 Å². The Morgan fingerprint density at radius 2 is 1.18 bits per heavy atom. The summed E-state index contributed by atoms with van der Waals surface area (Å²) in [5.41, 5.74) is -0.722. The minimum Gasteiger partial charge on any atom is -0.484 e. The molecule has 1 aliphatic heterocycles. The fourth-order valence-corrected chi connectivity index (χ4v) is 2.25. The van der Waals surface area contributed by atoms with Crippen molar-refractivity contribution in [3.63, 3.8) is 0 Å². The van der Waals surface area contributed by atoms with E-state index in [4.69, 9.17) is 54.2 Å². The van der Waals surface area contributed by atoms with Crippen LogP contribution < -0.4 is 4.74 Å². The number of hydrogen-bond donors (Lipinski definition) is 8. The Kier molecular flexibility index (Phi) is 21.7. The predicted molar refractivity (Wildman–Crippen MR) is 121 cm³/mol. The van der Waals surface area contributed by atoms with Gasteiger partial charge in [-0.25, -0.2) is 0 Å². The molecule has 0 amide bonds. The SMILES string of the molecule is CC(=O)O.CC(=O)O.CC(=O)O.CC(=O)O.OC[C@H]1OC(S)[C@@H](Oc2ccccc2)[C@@H](O)[C@@H]1O. The monoisotopic (exact) mass is 512 g/mol. The van der Waals surface area contributed by atoms with E-state index in [9.17, 15) is 10.2 Å². The van der Waals surface area contributed by atoms with Gasteiger partial charge in [0.2, 0.25) is 0 Å². The van der Waals surface area contributed by atoms with Crippen LogP contribution in [-0.2, 0) is 23.9 Å². The third-order valence-corrected chi connectivity index (χ3v) is 3.27. The quantitative estimate of drug-likeness (QED) is 0.253. The van der Waals surface area contributed by atoms with Crippen molar-refractivity contribution in [3.8, 4) is 5.75 Å². The molecule has 2 rings (SSSR count). The summed E-state index contributed by atoms with van der Waals surface area (Å²) in [6, 6.07) is 8.91. The molecule has 1 unspecified atom stereocenters. The smallest absolute Gasteiger partial charge is 0.300 e. The van der Waals surface area contributed by atoms with E-state index in [1.54, 1.807) is 24.3 Å². The van der Waals surface area contributed by atoms with Gasteiger partial charge in [0, 0.05) is 27.7 Å². The highest BCUT2D eigenvalue weighted by Gasteiger charge is 2.44. The van der Waals surface area contributed by atoms with Gasteiger partial charge >= 0.3 is 0 Å². The van der Waals surface area contributed by atoms with E-state index in [0.29, 0.717) is 5.75 Å². The summed E-state index contributed by atoms with van der Waals surface area (Å²) in [7, 11) is 0. The topological polar surface area (TPSA) is 228 Å². The second-order valence-electron chi connectivity index (χ2n) is 6.20. The number of carboxylic acids is 4. The van der Waals surface area contributed by atoms with Crippen molar-refractivity contribution >= 4 is 36.5 Å². The number of aliphatic carboxylic acids is 4. The zero-order chi connectivity index (χ0) is 27.4. The van der Waals surface area contributed by atoms with Gasteiger partial charge in [-0.05, 0) is 12.1 Å². The molecule has 7 N–H and O–H groups in total. The number of para-hydroxylation sites is 1. The van der Waals surface area contributed by atoms with Gasteiger partial charge in [0.05, 0.1) is 6.61 Å². The normalized spacial score (nSPS) is 22.2. The summed E-state index contributed by atoms with van der Waals surface area (Å²) in [5.74, 6) is -2.78. The lowest BCUT2D eigenvalue weighted by Crippen LogP contribution is -2.58. The molecule has 5 atom stereocenters. The van der Waals surface area contributed by atoms with Crippen molar-refractivity contribution in [3.05, 3.63) is 30.3 Å². The lowest BCUT2D eigenvalue weighted by atomic mass is 10.00. The molecule has 1 aromatic carbocycles. The Morgan fingerprint density at radius 1 is 0.824 bits per heavy atom. The number of aliphatic hydroxyl groups is 3. The highest BCUT2D eigenvalue weighted by Crippen LogP contribution is 2.27. The first-order valence-corrected chi connectivity index (χ1v) is 9.88. The number of carboxylic acid groups (broad SMARTS) is 4. The Balaban J connectivity index is -0.000000492. The van der Waals surface area contributed by atoms with Crippen LogP contribution in [0.5, 0.6) is 5.75 Å². The Labute approximate surface area is 201 Å². The average Bonchev–Trinajstić information content (AvgIpc) is 2.67. The van der Waals surface area contributed by atoms with Crippen LogP contribution >= 0.6 is 12.6 Å². The standard InChI is InChI=1S/C12H16O5S.4C2H4O2/c13-6-8-9(14)10(15)11(12(18)17-8)16-7-4-2-1-3-5-7;4*1-2(3)4/h1-5,8-15,18H,6H2;4*1H3,(H,3,4)/t8-,9-,10+,11+,12?;;;;/m1..../s1. The molecule has 0 spiro atoms. The molecule has 1 heterocycles. The third kappa shape index (κ3) is 23.7. The van der Waals surface area contributed by atoms with Gasteiger partial charge in [0.25, 0.3) is 23.9 Å². The van der Waals surface area contributed by atoms with Crippen molar-refractivity contribution in [2.75, 3.05) is 6.61 Å². The first-order valence-electron chi connectivity index (χ1n) is 9.37. The number of hydrogen-bond acceptors (Lipinski definition) is 10. The summed E-state index contributed by atoms with van der Waals surface area (Å²) in [6.07, 6.45) is -4.02. The van der Waals surface area contributed by atoms with Gasteiger partial charge in [0.1, 0.15) is 29.5 Å². The van der Waals surface area contributed by atoms with E-state index in [2.05, 4.69) is 12.6 Å². The van der Waals surface area contributed by atoms with Crippen LogP contribution in [0.25, 0.3) is 0 Å². The number of aliphatic hydroxyl groups excluding tert-OH is 3. The molecule has 0 aliphatic carbocycles. The summed E-state index contributed by atoms with van der Waals surface area (Å²) >= 11 is 4.17. The lowest BCUT2D eigenvalue weighted by Gasteiger charge is -2.40. The molecule has 13 nitrogen and oxygen atoms in total. The zero-order valence-corrected chi connectivity index (χ0v) is 19.9. The maximum atomic E-state index is 9.96. The van der Waals surface area contributed by atoms with Gasteiger partial charge in [-0.2, -0.15) is 0 Å². The third-order valence-electron chi connectivity index (χ3n) is 2.86. The second kappa shape index (κ2) is 20.7. The van der Waals surface area contributed by atoms with E-state index in [0.717, 1.165) is 27.7 Å². The van der Waals surface area contributed by atoms with Crippen LogP contribution in [0, 0.1) is 0 Å². The summed E-state index contributed by atoms with van der Waals surface area (Å²) in [4.78, 5) is 36.0. The first-order chi connectivity index (χ1) is 15.6. The van der Waals surface area contributed by atoms with Crippen LogP contribution in [-0.4, -0.2) is 96.1 Å². The van der Waals surface area contributed by atoms with Crippen LogP contribution in [0.1, 0.15) is 27.7 Å². The molecule has 196 valence electrons. The molecule has 0 aromatic heterocycles. The lowest BCUT2D eigenvalue weighted by molar-refractivity contribution is -0.198. The molecular formula is C20H32O13S. The van der Waals surface area contributed by atoms with Crippen LogP contribution in [0.3, 0.4) is 0 Å². The number of ether oxygens (including phenoxy) is 2. The molecule has 1 fully saturated rings. The Bertz CT molecular complexity index is 650. The fraction of sp³-hybridized carbons (Fsp3) is 0.500. The highest BCUT2D eigenvalue weighted by atomic mass is 32.1. The van der Waals surface area contributed by atoms with Crippen molar-refractivity contribution in [1.82, 2.24) is 0 Å². The molecule has 14 heteroatoms. The van der Waals surface area contributed by atoms with Gasteiger partial charge in [0.15, 0.2) is 6.10 Å². The second-order valence-corrected chi connectivity index (χ2v) is 6.71. The van der Waals surface area contributed by atoms with Crippen molar-refractivity contribution in [1.29, 1.82) is 0 Å². The number of rotatable bonds is 3. The highest BCUT2D eigenvalue weighted by molar-refractivity contribution is 7.80. The van der Waals surface area contributed by atoms with E-state index in [1.165, 1.54) is 0 Å². The maximum absolute atomic E-state index is 9.96. The molecule has 34 heavy (non-hydrogen) atoms. The van der Waals surface area contributed by atoms with Crippen molar-refractivity contribution in [2.24, 2.45) is 0 Å². The molecule has 1 aliphatic rings. The number of thiol groups is 1. The maximum Gasteiger partial charge on any atom is 0.300 e. The van der Waals surface area contributed by atoms with Crippen molar-refractivity contribution in [2.45, 2.75) is 57.5 Å². The largest absolute Gasteiger partial charge is 0.484 e. The van der Waals surface area contributed by atoms with Gasteiger partial charge < -0.3 is 45.2 Å². The molecule has 0 saturated carbocycles. The van der Waals surface area contributed by atoms with E-state index < -0.39 is 53.7 Å². The summed E-state index contributed by atoms with van der Waals surface area (Å²) in [5, 5.41) is 58.4. The zero-order valence-electron chi connectivity index (χ0n) is 19.0. The molecule has 0 radical (unpaired) electrons. The average molecular weight is 513 g/mol. The minimum absolute atomic E-state index is 0.382. The van der Waals surface area contributed by atoms with E-state index >= 15 is 0 Å². The molecule has 1 saturated heterocycles. The number of carbonyl (C=O) groups is 4. The van der Waals surface area contributed by atoms with Gasteiger partial charge in [-0.15, -0.1) is 12.6 Å². The van der Waals surface area contributed by atoms with Crippen LogP contribution in [0.4, 0.5) is 0 Å². The van der Waals surface area contributed by atoms with E-state index in [-0.39, 0.29) is 6.61 Å². The van der Waals surface area contributed by atoms with E-state index in [1.807, 2.05) is 6.07 Å². The minimum atomic E-state index is -1.20. The van der Waals surface area contributed by atoms with Crippen LogP contribution in [0.15, 0.2) is 30.3 Å². The molecule has 1 aromatic rings. The first kappa shape index (κ1) is 35.7. The predicted octanol–water partition coefficient (Wildman–Crippen LogP) is 0.166. The summed E-state index contributed by atoms with van der Waals surface area (Å²) < 4.78 is 10.8. The Hall–Kier alpha value is -2.91. The Morgan fingerprint density at radius 3 is 1.50 bits per heavy atom. The molecular weight excluding hydrogens is 480 g/mol. The van der Waals surface area contributed by atoms with Crippen molar-refractivity contribution < 1.29 is 64.4 Å². The summed E-state index contributed by atoms with van der Waals surface area (Å²) in [6.45, 7) is 3.95. The number of benzene rings is 1. The molecule has 0 bridgehead atoms. The fourth-order valence-electron chi connectivity index (χ4n) is 1.86. The van der Waals surface area contributed by atoms with Crippen LogP contribution in [0.2, 0.25) is 0 Å².